The summed E-state index contributed by atoms with van der Waals surface area (Å²) in [6.45, 7) is 8.73. The minimum atomic E-state index is -0.559. The lowest BCUT2D eigenvalue weighted by atomic mass is 9.88. The van der Waals surface area contributed by atoms with Gasteiger partial charge in [-0.05, 0) is 43.6 Å². The summed E-state index contributed by atoms with van der Waals surface area (Å²) in [5, 5.41) is 10.4. The zero-order chi connectivity index (χ0) is 12.5. The lowest BCUT2D eigenvalue weighted by molar-refractivity contribution is 0.00514. The van der Waals surface area contributed by atoms with Gasteiger partial charge >= 0.3 is 0 Å². The zero-order valence-electron chi connectivity index (χ0n) is 11.4. The molecule has 3 N–H and O–H groups in total. The summed E-state index contributed by atoms with van der Waals surface area (Å²) < 4.78 is 0. The number of hydrogen-bond donors (Lipinski definition) is 2. The second-order valence-electron chi connectivity index (χ2n) is 6.40. The maximum Gasteiger partial charge on any atom is 0.0797 e. The number of nitrogens with zero attached hydrogens (tertiary/aromatic N) is 1. The molecule has 2 aliphatic rings. The lowest BCUT2D eigenvalue weighted by Crippen LogP contribution is -2.42. The molecule has 17 heavy (non-hydrogen) atoms. The van der Waals surface area contributed by atoms with Crippen molar-refractivity contribution in [3.8, 4) is 0 Å². The zero-order valence-corrected chi connectivity index (χ0v) is 11.4. The molecule has 0 aromatic carbocycles. The van der Waals surface area contributed by atoms with Crippen LogP contribution >= 0.6 is 0 Å². The smallest absolute Gasteiger partial charge is 0.0797 e. The molecule has 0 spiro atoms. The summed E-state index contributed by atoms with van der Waals surface area (Å²) in [6, 6.07) is 0. The van der Waals surface area contributed by atoms with Crippen LogP contribution in [-0.4, -0.2) is 41.8 Å². The van der Waals surface area contributed by atoms with Gasteiger partial charge in [0, 0.05) is 19.6 Å². The maximum absolute atomic E-state index is 10.4. The van der Waals surface area contributed by atoms with Gasteiger partial charge < -0.3 is 15.7 Å². The van der Waals surface area contributed by atoms with Crippen molar-refractivity contribution in [2.75, 3.05) is 26.2 Å². The Kier molecular flexibility index (Phi) is 4.11. The van der Waals surface area contributed by atoms with Crippen molar-refractivity contribution in [1.82, 2.24) is 4.90 Å². The van der Waals surface area contributed by atoms with Crippen molar-refractivity contribution in [3.05, 3.63) is 0 Å². The number of nitrogens with two attached hydrogens (primary N) is 1. The largest absolute Gasteiger partial charge is 0.388 e. The van der Waals surface area contributed by atoms with E-state index in [1.54, 1.807) is 0 Å². The van der Waals surface area contributed by atoms with Crippen LogP contribution in [0.3, 0.4) is 0 Å². The van der Waals surface area contributed by atoms with E-state index in [9.17, 15) is 5.11 Å². The van der Waals surface area contributed by atoms with E-state index in [0.717, 1.165) is 44.1 Å². The minimum Gasteiger partial charge on any atom is -0.388 e. The van der Waals surface area contributed by atoms with Crippen molar-refractivity contribution in [2.45, 2.75) is 45.1 Å². The van der Waals surface area contributed by atoms with Crippen LogP contribution in [-0.2, 0) is 0 Å². The van der Waals surface area contributed by atoms with Gasteiger partial charge in [-0.2, -0.15) is 0 Å². The fourth-order valence-electron chi connectivity index (χ4n) is 3.58. The molecule has 3 nitrogen and oxygen atoms in total. The molecule has 1 saturated heterocycles. The van der Waals surface area contributed by atoms with Crippen LogP contribution in [0.15, 0.2) is 0 Å². The monoisotopic (exact) mass is 240 g/mol. The molecule has 2 fully saturated rings. The summed E-state index contributed by atoms with van der Waals surface area (Å²) in [4.78, 5) is 2.56. The number of aliphatic hydroxyl groups is 1. The highest BCUT2D eigenvalue weighted by molar-refractivity contribution is 4.93. The van der Waals surface area contributed by atoms with Gasteiger partial charge in [-0.25, -0.2) is 0 Å². The Morgan fingerprint density at radius 3 is 2.53 bits per heavy atom. The van der Waals surface area contributed by atoms with Crippen molar-refractivity contribution >= 4 is 0 Å². The van der Waals surface area contributed by atoms with Crippen molar-refractivity contribution < 1.29 is 5.11 Å². The molecule has 0 bridgehead atoms. The predicted molar refractivity (Wildman–Crippen MR) is 70.7 cm³/mol. The molecule has 100 valence electrons. The molecule has 0 amide bonds. The number of likely N-dealkylation sites (tertiary alicyclic amines) is 1. The Morgan fingerprint density at radius 2 is 1.94 bits per heavy atom. The molecule has 1 heterocycles. The molecular weight excluding hydrogens is 212 g/mol. The third kappa shape index (κ3) is 2.83. The molecule has 1 aliphatic carbocycles. The molecule has 0 aromatic rings. The van der Waals surface area contributed by atoms with Crippen molar-refractivity contribution in [3.63, 3.8) is 0 Å². The van der Waals surface area contributed by atoms with Crippen LogP contribution in [0.5, 0.6) is 0 Å². The fourth-order valence-corrected chi connectivity index (χ4v) is 3.58. The van der Waals surface area contributed by atoms with E-state index in [1.807, 2.05) is 0 Å². The summed E-state index contributed by atoms with van der Waals surface area (Å²) in [7, 11) is 0. The highest BCUT2D eigenvalue weighted by atomic mass is 16.3. The first-order valence-corrected chi connectivity index (χ1v) is 7.20. The Bertz CT molecular complexity index is 249. The van der Waals surface area contributed by atoms with E-state index in [2.05, 4.69) is 18.7 Å². The Balaban J connectivity index is 1.79. The summed E-state index contributed by atoms with van der Waals surface area (Å²) in [5.41, 5.74) is 5.16. The highest BCUT2D eigenvalue weighted by Crippen LogP contribution is 2.37. The van der Waals surface area contributed by atoms with Gasteiger partial charge in [-0.15, -0.1) is 0 Å². The van der Waals surface area contributed by atoms with Crippen molar-refractivity contribution in [2.24, 2.45) is 23.5 Å². The summed E-state index contributed by atoms with van der Waals surface area (Å²) >= 11 is 0. The first-order valence-electron chi connectivity index (χ1n) is 7.20. The molecule has 0 radical (unpaired) electrons. The average Bonchev–Trinajstić information content (AvgIpc) is 2.82. The molecule has 0 aromatic heterocycles. The third-order valence-electron chi connectivity index (χ3n) is 5.13. The first-order chi connectivity index (χ1) is 8.05. The van der Waals surface area contributed by atoms with E-state index in [0.29, 0.717) is 12.5 Å². The Hall–Kier alpha value is -0.120. The number of hydrogen-bond acceptors (Lipinski definition) is 3. The molecule has 4 unspecified atom stereocenters. The summed E-state index contributed by atoms with van der Waals surface area (Å²) in [6.07, 6.45) is 4.33. The van der Waals surface area contributed by atoms with E-state index in [-0.39, 0.29) is 0 Å². The molecule has 3 heteroatoms. The lowest BCUT2D eigenvalue weighted by Gasteiger charge is -2.30. The van der Waals surface area contributed by atoms with E-state index in [1.165, 1.54) is 13.1 Å². The molecule has 4 atom stereocenters. The molecule has 2 rings (SSSR count). The van der Waals surface area contributed by atoms with Crippen molar-refractivity contribution in [1.29, 1.82) is 0 Å². The highest BCUT2D eigenvalue weighted by Gasteiger charge is 2.40. The van der Waals surface area contributed by atoms with Gasteiger partial charge in [0.1, 0.15) is 0 Å². The topological polar surface area (TPSA) is 49.5 Å². The van der Waals surface area contributed by atoms with Crippen LogP contribution in [0.4, 0.5) is 0 Å². The molecule has 1 aliphatic heterocycles. The van der Waals surface area contributed by atoms with Gasteiger partial charge in [0.15, 0.2) is 0 Å². The van der Waals surface area contributed by atoms with Crippen LogP contribution < -0.4 is 5.73 Å². The SMILES string of the molecule is CC1CN(CCC2CCCC2(O)CN)CC1C. The second kappa shape index (κ2) is 5.25. The van der Waals surface area contributed by atoms with Crippen LogP contribution in [0.25, 0.3) is 0 Å². The predicted octanol–water partition coefficient (Wildman–Crippen LogP) is 1.45. The van der Waals surface area contributed by atoms with E-state index < -0.39 is 5.60 Å². The number of rotatable bonds is 4. The summed E-state index contributed by atoms with van der Waals surface area (Å²) in [5.74, 6) is 2.08. The average molecular weight is 240 g/mol. The fraction of sp³-hybridized carbons (Fsp3) is 1.00. The van der Waals surface area contributed by atoms with Gasteiger partial charge in [-0.3, -0.25) is 0 Å². The van der Waals surface area contributed by atoms with Gasteiger partial charge in [0.25, 0.3) is 0 Å². The quantitative estimate of drug-likeness (QED) is 0.782. The van der Waals surface area contributed by atoms with E-state index >= 15 is 0 Å². The first kappa shape index (κ1) is 13.3. The third-order valence-corrected chi connectivity index (χ3v) is 5.13. The standard InChI is InChI=1S/C14H28N2O/c1-11-8-16(9-12(11)2)7-5-13-4-3-6-14(13,17)10-15/h11-13,17H,3-10,15H2,1-2H3. The minimum absolute atomic E-state index is 0.429. The van der Waals surface area contributed by atoms with Gasteiger partial charge in [0.05, 0.1) is 5.60 Å². The Labute approximate surface area is 105 Å². The molecular formula is C14H28N2O. The second-order valence-corrected chi connectivity index (χ2v) is 6.40. The normalized spacial score (nSPS) is 43.4. The van der Waals surface area contributed by atoms with Crippen LogP contribution in [0, 0.1) is 17.8 Å². The molecule has 1 saturated carbocycles. The van der Waals surface area contributed by atoms with Gasteiger partial charge in [-0.1, -0.05) is 20.3 Å². The van der Waals surface area contributed by atoms with Gasteiger partial charge in [0.2, 0.25) is 0 Å². The van der Waals surface area contributed by atoms with E-state index in [4.69, 9.17) is 5.73 Å². The van der Waals surface area contributed by atoms with Crippen LogP contribution in [0.1, 0.15) is 39.5 Å². The maximum atomic E-state index is 10.4. The Morgan fingerprint density at radius 1 is 1.29 bits per heavy atom. The van der Waals surface area contributed by atoms with Crippen LogP contribution in [0.2, 0.25) is 0 Å².